The fourth-order valence-electron chi connectivity index (χ4n) is 1.83. The molecule has 0 atom stereocenters. The van der Waals surface area contributed by atoms with Crippen molar-refractivity contribution >= 4 is 35.2 Å². The van der Waals surface area contributed by atoms with Gasteiger partial charge in [-0.3, -0.25) is 10.1 Å². The van der Waals surface area contributed by atoms with Crippen LogP contribution in [0.2, 0.25) is 5.02 Å². The Morgan fingerprint density at radius 1 is 1.21 bits per heavy atom. The molecule has 2 heterocycles. The summed E-state index contributed by atoms with van der Waals surface area (Å²) in [6.07, 6.45) is 3.09. The molecule has 0 saturated heterocycles. The molecule has 0 aliphatic carbocycles. The number of carbonyl (C=O) groups excluding carboxylic acids is 1. The van der Waals surface area contributed by atoms with E-state index in [9.17, 15) is 4.79 Å². The lowest BCUT2D eigenvalue weighted by molar-refractivity contribution is -0.113. The molecule has 0 unspecified atom stereocenters. The van der Waals surface area contributed by atoms with Crippen LogP contribution in [0.4, 0.5) is 5.95 Å². The predicted molar refractivity (Wildman–Crippen MR) is 92.0 cm³/mol. The van der Waals surface area contributed by atoms with Crippen molar-refractivity contribution in [1.29, 1.82) is 0 Å². The van der Waals surface area contributed by atoms with Crippen molar-refractivity contribution in [3.63, 3.8) is 0 Å². The van der Waals surface area contributed by atoms with Gasteiger partial charge in [0.25, 0.3) is 0 Å². The molecule has 0 aliphatic rings. The van der Waals surface area contributed by atoms with Gasteiger partial charge in [-0.25, -0.2) is 14.6 Å². The number of hydrogen-bond acceptors (Lipinski definition) is 7. The molecule has 3 aromatic rings. The minimum atomic E-state index is -0.262. The Labute approximate surface area is 146 Å². The molecule has 10 heteroatoms. The molecule has 1 aromatic carbocycles. The van der Waals surface area contributed by atoms with Crippen molar-refractivity contribution < 1.29 is 4.79 Å². The second kappa shape index (κ2) is 7.28. The summed E-state index contributed by atoms with van der Waals surface area (Å²) >= 11 is 7.03. The lowest BCUT2D eigenvalue weighted by atomic mass is 10.2. The minimum absolute atomic E-state index is 0.105. The highest BCUT2D eigenvalue weighted by Gasteiger charge is 2.14. The highest BCUT2D eigenvalue weighted by molar-refractivity contribution is 7.99. The van der Waals surface area contributed by atoms with Crippen LogP contribution in [0.1, 0.15) is 0 Å². The number of aromatic nitrogens is 5. The standard InChI is InChI=1S/C14H12ClN7OS/c15-10-4-2-9(3-5-10)12-20-21-14(22(12)16)24-8-11(23)19-13-17-6-1-7-18-13/h1-7H,8,16H2,(H,17,18,19,23). The number of rotatable bonds is 5. The first-order valence-corrected chi connectivity index (χ1v) is 8.16. The van der Waals surface area contributed by atoms with Gasteiger partial charge < -0.3 is 5.84 Å². The summed E-state index contributed by atoms with van der Waals surface area (Å²) in [5.74, 6) is 6.57. The van der Waals surface area contributed by atoms with Crippen LogP contribution in [-0.4, -0.2) is 36.5 Å². The SMILES string of the molecule is Nn1c(SCC(=O)Nc2ncccn2)nnc1-c1ccc(Cl)cc1. The van der Waals surface area contributed by atoms with Crippen LogP contribution in [-0.2, 0) is 4.79 Å². The maximum Gasteiger partial charge on any atom is 0.237 e. The van der Waals surface area contributed by atoms with Crippen molar-refractivity contribution in [3.8, 4) is 11.4 Å². The van der Waals surface area contributed by atoms with Crippen molar-refractivity contribution in [2.45, 2.75) is 5.16 Å². The number of nitrogen functional groups attached to an aromatic ring is 1. The van der Waals surface area contributed by atoms with Crippen molar-refractivity contribution in [1.82, 2.24) is 24.8 Å². The number of amides is 1. The van der Waals surface area contributed by atoms with Gasteiger partial charge in [-0.1, -0.05) is 23.4 Å². The third kappa shape index (κ3) is 3.81. The quantitative estimate of drug-likeness (QED) is 0.526. The van der Waals surface area contributed by atoms with Crippen molar-refractivity contribution in [2.24, 2.45) is 0 Å². The molecule has 0 spiro atoms. The smallest absolute Gasteiger partial charge is 0.237 e. The minimum Gasteiger partial charge on any atom is -0.335 e. The maximum absolute atomic E-state index is 11.9. The van der Waals surface area contributed by atoms with E-state index < -0.39 is 0 Å². The molecule has 3 N–H and O–H groups in total. The molecule has 3 rings (SSSR count). The molecule has 0 saturated carbocycles. The zero-order valence-electron chi connectivity index (χ0n) is 12.3. The summed E-state index contributed by atoms with van der Waals surface area (Å²) in [7, 11) is 0. The van der Waals surface area contributed by atoms with Gasteiger partial charge in [0.15, 0.2) is 5.82 Å². The van der Waals surface area contributed by atoms with Gasteiger partial charge in [0.1, 0.15) is 0 Å². The van der Waals surface area contributed by atoms with Gasteiger partial charge in [0, 0.05) is 23.0 Å². The molecule has 2 aromatic heterocycles. The highest BCUT2D eigenvalue weighted by Crippen LogP contribution is 2.22. The van der Waals surface area contributed by atoms with Crippen LogP contribution >= 0.6 is 23.4 Å². The van der Waals surface area contributed by atoms with Gasteiger partial charge in [0.2, 0.25) is 17.0 Å². The lowest BCUT2D eigenvalue weighted by Gasteiger charge is -2.04. The summed E-state index contributed by atoms with van der Waals surface area (Å²) in [5, 5.41) is 11.7. The van der Waals surface area contributed by atoms with E-state index in [-0.39, 0.29) is 17.6 Å². The number of carbonyl (C=O) groups is 1. The van der Waals surface area contributed by atoms with Crippen molar-refractivity contribution in [3.05, 3.63) is 47.7 Å². The van der Waals surface area contributed by atoms with Crippen LogP contribution in [0.15, 0.2) is 47.9 Å². The number of halogens is 1. The number of nitrogens with two attached hydrogens (primary N) is 1. The first-order valence-electron chi connectivity index (χ1n) is 6.79. The van der Waals surface area contributed by atoms with Crippen LogP contribution < -0.4 is 11.2 Å². The summed E-state index contributed by atoms with van der Waals surface area (Å²) < 4.78 is 1.33. The number of hydrogen-bond donors (Lipinski definition) is 2. The van der Waals surface area contributed by atoms with E-state index in [2.05, 4.69) is 25.5 Å². The van der Waals surface area contributed by atoms with Crippen LogP contribution in [0.3, 0.4) is 0 Å². The van der Waals surface area contributed by atoms with E-state index >= 15 is 0 Å². The lowest BCUT2D eigenvalue weighted by Crippen LogP contribution is -2.17. The number of anilines is 1. The van der Waals surface area contributed by atoms with E-state index in [0.29, 0.717) is 16.0 Å². The first kappa shape index (κ1) is 16.2. The Kier molecular flexibility index (Phi) is 4.92. The molecular formula is C14H12ClN7OS. The number of nitrogens with one attached hydrogen (secondary N) is 1. The highest BCUT2D eigenvalue weighted by atomic mass is 35.5. The Bertz CT molecular complexity index is 838. The Morgan fingerprint density at radius 2 is 1.92 bits per heavy atom. The molecule has 0 aliphatic heterocycles. The maximum atomic E-state index is 11.9. The number of thioether (sulfide) groups is 1. The second-order valence-corrected chi connectivity index (χ2v) is 5.97. The normalized spacial score (nSPS) is 10.5. The average molecular weight is 362 g/mol. The van der Waals surface area contributed by atoms with Crippen LogP contribution in [0, 0.1) is 0 Å². The van der Waals surface area contributed by atoms with Crippen molar-refractivity contribution in [2.75, 3.05) is 16.9 Å². The summed E-state index contributed by atoms with van der Waals surface area (Å²) in [4.78, 5) is 19.7. The van der Waals surface area contributed by atoms with Gasteiger partial charge in [-0.2, -0.15) is 0 Å². The van der Waals surface area contributed by atoms with E-state index in [1.165, 1.54) is 4.68 Å². The molecule has 122 valence electrons. The molecular weight excluding hydrogens is 350 g/mol. The zero-order chi connectivity index (χ0) is 16.9. The second-order valence-electron chi connectivity index (χ2n) is 4.59. The van der Waals surface area contributed by atoms with Gasteiger partial charge >= 0.3 is 0 Å². The average Bonchev–Trinajstić information content (AvgIpc) is 2.95. The Morgan fingerprint density at radius 3 is 2.62 bits per heavy atom. The molecule has 0 bridgehead atoms. The summed E-state index contributed by atoms with van der Waals surface area (Å²) in [6, 6.07) is 8.74. The molecule has 1 amide bonds. The zero-order valence-corrected chi connectivity index (χ0v) is 13.8. The molecule has 8 nitrogen and oxygen atoms in total. The summed E-state index contributed by atoms with van der Waals surface area (Å²) in [6.45, 7) is 0. The van der Waals surface area contributed by atoms with E-state index in [0.717, 1.165) is 17.3 Å². The fourth-order valence-corrected chi connectivity index (χ4v) is 2.61. The predicted octanol–water partition coefficient (Wildman–Crippen LogP) is 1.83. The fraction of sp³-hybridized carbons (Fsp3) is 0.0714. The van der Waals surface area contributed by atoms with Gasteiger partial charge in [0.05, 0.1) is 5.75 Å². The third-order valence-corrected chi connectivity index (χ3v) is 4.11. The van der Waals surface area contributed by atoms with E-state index in [4.69, 9.17) is 17.4 Å². The van der Waals surface area contributed by atoms with Crippen LogP contribution in [0.25, 0.3) is 11.4 Å². The largest absolute Gasteiger partial charge is 0.335 e. The number of benzene rings is 1. The molecule has 0 radical (unpaired) electrons. The molecule has 0 fully saturated rings. The van der Waals surface area contributed by atoms with Gasteiger partial charge in [-0.05, 0) is 30.3 Å². The Hall–Kier alpha value is -2.65. The van der Waals surface area contributed by atoms with Gasteiger partial charge in [-0.15, -0.1) is 10.2 Å². The van der Waals surface area contributed by atoms with Crippen LogP contribution in [0.5, 0.6) is 0 Å². The first-order chi connectivity index (χ1) is 11.6. The molecule has 24 heavy (non-hydrogen) atoms. The summed E-state index contributed by atoms with van der Waals surface area (Å²) in [5.41, 5.74) is 0.781. The van der Waals surface area contributed by atoms with E-state index in [1.807, 2.05) is 0 Å². The number of nitrogens with zero attached hydrogens (tertiary/aromatic N) is 5. The monoisotopic (exact) mass is 361 g/mol. The van der Waals surface area contributed by atoms with E-state index in [1.54, 1.807) is 42.7 Å². The third-order valence-electron chi connectivity index (χ3n) is 2.92. The Balaban J connectivity index is 1.64. The topological polar surface area (TPSA) is 112 Å².